The third-order valence-corrected chi connectivity index (χ3v) is 1.73. The van der Waals surface area contributed by atoms with Crippen LogP contribution in [-0.2, 0) is 4.84 Å². The number of alkyl halides is 4. The van der Waals surface area contributed by atoms with Crippen LogP contribution in [0.5, 0.6) is 0 Å². The quantitative estimate of drug-likeness (QED) is 0.632. The summed E-state index contributed by atoms with van der Waals surface area (Å²) >= 11 is 5.34. The summed E-state index contributed by atoms with van der Waals surface area (Å²) in [5.74, 6) is 0. The van der Waals surface area contributed by atoms with E-state index in [0.29, 0.717) is 0 Å². The molecule has 1 rings (SSSR count). The van der Waals surface area contributed by atoms with E-state index in [0.717, 1.165) is 0 Å². The van der Waals surface area contributed by atoms with Crippen molar-refractivity contribution in [2.75, 3.05) is 5.48 Å². The topological polar surface area (TPSA) is 41.5 Å². The van der Waals surface area contributed by atoms with Gasteiger partial charge in [-0.05, 0) is 6.07 Å². The zero-order chi connectivity index (χ0) is 11.5. The van der Waals surface area contributed by atoms with E-state index in [-0.39, 0.29) is 11.3 Å². The lowest BCUT2D eigenvalue weighted by Gasteiger charge is -2.13. The highest BCUT2D eigenvalue weighted by Gasteiger charge is 2.30. The van der Waals surface area contributed by atoms with Crippen molar-refractivity contribution in [2.24, 2.45) is 0 Å². The summed E-state index contributed by atoms with van der Waals surface area (Å²) in [4.78, 5) is 3.39. The minimum Gasteiger partial charge on any atom is -0.373 e. The molecule has 0 spiro atoms. The standard InChI is InChI=1S/C8H7ClF3NO2/c9-7(14)5-3-1-2-4-6(5)13-15-8(10,11)12/h1-4,7,13-14H. The highest BCUT2D eigenvalue weighted by molar-refractivity contribution is 6.20. The maximum atomic E-state index is 11.7. The van der Waals surface area contributed by atoms with Gasteiger partial charge in [-0.25, -0.2) is 0 Å². The average Bonchev–Trinajstić information content (AvgIpc) is 2.14. The zero-order valence-electron chi connectivity index (χ0n) is 7.25. The Morgan fingerprint density at radius 2 is 1.93 bits per heavy atom. The third-order valence-electron chi connectivity index (χ3n) is 1.49. The number of aliphatic hydroxyl groups excluding tert-OH is 1. The summed E-state index contributed by atoms with van der Waals surface area (Å²) in [6.07, 6.45) is -4.80. The fourth-order valence-electron chi connectivity index (χ4n) is 0.911. The summed E-state index contributed by atoms with van der Waals surface area (Å²) in [5, 5.41) is 9.02. The number of para-hydroxylation sites is 1. The lowest BCUT2D eigenvalue weighted by Crippen LogP contribution is -2.18. The SMILES string of the molecule is OC(Cl)c1ccccc1NOC(F)(F)F. The number of nitrogens with one attached hydrogen (secondary N) is 1. The summed E-state index contributed by atoms with van der Waals surface area (Å²) in [5.41, 5.74) is 0.324. The maximum absolute atomic E-state index is 11.7. The third kappa shape index (κ3) is 3.94. The van der Waals surface area contributed by atoms with E-state index in [1.54, 1.807) is 5.48 Å². The van der Waals surface area contributed by atoms with Crippen molar-refractivity contribution in [3.8, 4) is 0 Å². The molecule has 1 unspecified atom stereocenters. The molecule has 0 amide bonds. The molecule has 0 fully saturated rings. The van der Waals surface area contributed by atoms with Gasteiger partial charge in [0.05, 0.1) is 5.69 Å². The molecule has 0 aliphatic rings. The molecule has 15 heavy (non-hydrogen) atoms. The Hall–Kier alpha value is -0.980. The first-order chi connectivity index (χ1) is 6.90. The first-order valence-corrected chi connectivity index (χ1v) is 4.25. The average molecular weight is 242 g/mol. The van der Waals surface area contributed by atoms with Crippen LogP contribution < -0.4 is 5.48 Å². The Balaban J connectivity index is 2.76. The molecule has 0 saturated heterocycles. The van der Waals surface area contributed by atoms with E-state index < -0.39 is 11.9 Å². The summed E-state index contributed by atoms with van der Waals surface area (Å²) in [7, 11) is 0. The van der Waals surface area contributed by atoms with Crippen molar-refractivity contribution >= 4 is 17.3 Å². The van der Waals surface area contributed by atoms with Crippen LogP contribution in [0.2, 0.25) is 0 Å². The molecule has 2 N–H and O–H groups in total. The van der Waals surface area contributed by atoms with E-state index >= 15 is 0 Å². The number of rotatable bonds is 3. The van der Waals surface area contributed by atoms with E-state index in [1.165, 1.54) is 24.3 Å². The van der Waals surface area contributed by atoms with Gasteiger partial charge in [0.25, 0.3) is 0 Å². The number of halogens is 4. The van der Waals surface area contributed by atoms with Crippen LogP contribution in [0.15, 0.2) is 24.3 Å². The lowest BCUT2D eigenvalue weighted by molar-refractivity contribution is -0.311. The monoisotopic (exact) mass is 241 g/mol. The van der Waals surface area contributed by atoms with Gasteiger partial charge in [0.15, 0.2) is 5.56 Å². The number of hydrogen-bond donors (Lipinski definition) is 2. The van der Waals surface area contributed by atoms with E-state index in [4.69, 9.17) is 16.7 Å². The predicted molar refractivity (Wildman–Crippen MR) is 48.0 cm³/mol. The van der Waals surface area contributed by atoms with E-state index in [1.807, 2.05) is 0 Å². The minimum atomic E-state index is -4.80. The van der Waals surface area contributed by atoms with Gasteiger partial charge in [-0.15, -0.1) is 13.2 Å². The fraction of sp³-hybridized carbons (Fsp3) is 0.250. The number of aliphatic hydroxyl groups is 1. The van der Waals surface area contributed by atoms with Crippen LogP contribution in [0.25, 0.3) is 0 Å². The molecule has 0 saturated carbocycles. The molecule has 0 bridgehead atoms. The van der Waals surface area contributed by atoms with Gasteiger partial charge in [-0.3, -0.25) is 5.48 Å². The van der Waals surface area contributed by atoms with Gasteiger partial charge < -0.3 is 5.11 Å². The van der Waals surface area contributed by atoms with Crippen LogP contribution in [0.3, 0.4) is 0 Å². The van der Waals surface area contributed by atoms with Gasteiger partial charge in [0.2, 0.25) is 0 Å². The van der Waals surface area contributed by atoms with E-state index in [9.17, 15) is 13.2 Å². The van der Waals surface area contributed by atoms with Gasteiger partial charge >= 0.3 is 6.36 Å². The highest BCUT2D eigenvalue weighted by atomic mass is 35.5. The van der Waals surface area contributed by atoms with Crippen molar-refractivity contribution in [3.63, 3.8) is 0 Å². The Bertz CT molecular complexity index is 330. The second-order valence-corrected chi connectivity index (χ2v) is 2.99. The zero-order valence-corrected chi connectivity index (χ0v) is 8.01. The highest BCUT2D eigenvalue weighted by Crippen LogP contribution is 2.27. The predicted octanol–water partition coefficient (Wildman–Crippen LogP) is 2.78. The van der Waals surface area contributed by atoms with Crippen LogP contribution in [0, 0.1) is 0 Å². The normalized spacial score (nSPS) is 13.7. The Morgan fingerprint density at radius 3 is 2.47 bits per heavy atom. The summed E-state index contributed by atoms with van der Waals surface area (Å²) in [6, 6.07) is 5.68. The van der Waals surface area contributed by atoms with Crippen LogP contribution in [-0.4, -0.2) is 11.5 Å². The smallest absolute Gasteiger partial charge is 0.373 e. The van der Waals surface area contributed by atoms with Gasteiger partial charge in [-0.1, -0.05) is 29.8 Å². The van der Waals surface area contributed by atoms with E-state index in [2.05, 4.69) is 4.84 Å². The Kier molecular flexibility index (Phi) is 3.78. The second kappa shape index (κ2) is 4.69. The molecule has 0 aliphatic heterocycles. The van der Waals surface area contributed by atoms with Gasteiger partial charge in [0, 0.05) is 5.56 Å². The first-order valence-electron chi connectivity index (χ1n) is 3.82. The van der Waals surface area contributed by atoms with Crippen LogP contribution in [0.4, 0.5) is 18.9 Å². The molecule has 1 aromatic carbocycles. The first kappa shape index (κ1) is 12.1. The molecule has 7 heteroatoms. The molecule has 84 valence electrons. The number of hydrogen-bond acceptors (Lipinski definition) is 3. The van der Waals surface area contributed by atoms with Gasteiger partial charge in [0.1, 0.15) is 0 Å². The largest absolute Gasteiger partial charge is 0.543 e. The molecule has 0 aromatic heterocycles. The second-order valence-electron chi connectivity index (χ2n) is 2.57. The molecule has 3 nitrogen and oxygen atoms in total. The Labute approximate surface area is 88.4 Å². The molecule has 1 aromatic rings. The maximum Gasteiger partial charge on any atom is 0.543 e. The molecule has 0 radical (unpaired) electrons. The van der Waals surface area contributed by atoms with Crippen molar-refractivity contribution in [1.82, 2.24) is 0 Å². The fourth-order valence-corrected chi connectivity index (χ4v) is 1.10. The van der Waals surface area contributed by atoms with Crippen LogP contribution in [0.1, 0.15) is 11.1 Å². The lowest BCUT2D eigenvalue weighted by atomic mass is 10.2. The van der Waals surface area contributed by atoms with Crippen molar-refractivity contribution in [2.45, 2.75) is 11.9 Å². The molecular weight excluding hydrogens is 235 g/mol. The summed E-state index contributed by atoms with van der Waals surface area (Å²) in [6.45, 7) is 0. The molecule has 1 atom stereocenters. The number of benzene rings is 1. The Morgan fingerprint density at radius 1 is 1.33 bits per heavy atom. The van der Waals surface area contributed by atoms with Crippen molar-refractivity contribution < 1.29 is 23.1 Å². The molecule has 0 heterocycles. The molecule has 0 aliphatic carbocycles. The minimum absolute atomic E-state index is 0.0441. The van der Waals surface area contributed by atoms with Crippen molar-refractivity contribution in [3.05, 3.63) is 29.8 Å². The van der Waals surface area contributed by atoms with Crippen molar-refractivity contribution in [1.29, 1.82) is 0 Å². The van der Waals surface area contributed by atoms with Crippen LogP contribution >= 0.6 is 11.6 Å². The summed E-state index contributed by atoms with van der Waals surface area (Å²) < 4.78 is 35.1. The molecular formula is C8H7ClF3NO2. The number of anilines is 1. The van der Waals surface area contributed by atoms with Gasteiger partial charge in [-0.2, -0.15) is 4.84 Å².